The molecule has 8 aromatic carbocycles. The summed E-state index contributed by atoms with van der Waals surface area (Å²) in [5, 5.41) is 1.76. The zero-order valence-electron chi connectivity index (χ0n) is 41.2. The lowest BCUT2D eigenvalue weighted by Crippen LogP contribution is -2.67. The summed E-state index contributed by atoms with van der Waals surface area (Å²) in [6, 6.07) is 74.1. The van der Waals surface area contributed by atoms with Crippen LogP contribution in [0.5, 0.6) is 23.0 Å². The Hall–Kier alpha value is -7.90. The molecule has 10 nitrogen and oxygen atoms in total. The van der Waals surface area contributed by atoms with Crippen LogP contribution in [0.3, 0.4) is 0 Å². The largest absolute Gasteiger partial charge is 0.457 e. The van der Waals surface area contributed by atoms with E-state index in [1.165, 1.54) is 16.8 Å². The van der Waals surface area contributed by atoms with E-state index in [0.717, 1.165) is 43.8 Å². The molecule has 1 fully saturated rings. The number of ether oxygens (including phenoxy) is 5. The van der Waals surface area contributed by atoms with Crippen molar-refractivity contribution in [2.24, 2.45) is 0 Å². The third-order valence-electron chi connectivity index (χ3n) is 14.8. The number of rotatable bonds is 12. The summed E-state index contributed by atoms with van der Waals surface area (Å²) < 4.78 is 46.6. The molecule has 0 spiro atoms. The molecule has 0 aliphatic carbocycles. The number of hydrogen-bond acceptors (Lipinski definition) is 8. The van der Waals surface area contributed by atoms with Gasteiger partial charge in [0.15, 0.2) is 17.4 Å². The Morgan fingerprint density at radius 1 is 0.500 bits per heavy atom. The summed E-state index contributed by atoms with van der Waals surface area (Å²) in [6.45, 7) is 6.72. The van der Waals surface area contributed by atoms with Gasteiger partial charge in [-0.1, -0.05) is 215 Å². The average molecular weight is 995 g/mol. The molecule has 12 rings (SSSR count). The standard InChI is InChI=1S/C63H54N2O8Si/c1-61(2,3)74(45-28-12-6-13-29-45,46-30-14-7-15-31-46)68-42-55-57(72-62(43-24-8-4-9-25-43)47-32-16-20-36-51(47)69-52-37-21-17-33-48(52)62)58(59(71-55)65-41-40-56(66)64-60(65)67)73-63(44-26-10-5-11-27-44)49-34-18-22-38-53(49)70-54-39-23-19-35-50(54)63/h4-41,55,57-59H,42H2,1-3H3,(H,64,66,67)/t55-,57-,58-,59-/m1/s1. The van der Waals surface area contributed by atoms with Crippen molar-refractivity contribution in [1.29, 1.82) is 0 Å². The van der Waals surface area contributed by atoms with E-state index < -0.39 is 60.3 Å². The fourth-order valence-electron chi connectivity index (χ4n) is 11.6. The molecule has 0 unspecified atom stereocenters. The van der Waals surface area contributed by atoms with Crippen molar-refractivity contribution in [3.05, 3.63) is 285 Å². The van der Waals surface area contributed by atoms with Crippen LogP contribution < -0.4 is 31.1 Å². The first-order chi connectivity index (χ1) is 36.1. The molecule has 1 saturated heterocycles. The third kappa shape index (κ3) is 7.70. The van der Waals surface area contributed by atoms with Crippen LogP contribution in [0.4, 0.5) is 0 Å². The Labute approximate surface area is 430 Å². The second kappa shape index (κ2) is 18.9. The van der Waals surface area contributed by atoms with Crippen LogP contribution in [0, 0.1) is 0 Å². The maximum Gasteiger partial charge on any atom is 0.330 e. The van der Waals surface area contributed by atoms with Crippen molar-refractivity contribution in [1.82, 2.24) is 9.55 Å². The van der Waals surface area contributed by atoms with E-state index in [9.17, 15) is 9.59 Å². The molecule has 368 valence electrons. The lowest BCUT2D eigenvalue weighted by Gasteiger charge is -2.47. The molecule has 4 atom stereocenters. The Morgan fingerprint density at radius 3 is 1.28 bits per heavy atom. The van der Waals surface area contributed by atoms with E-state index in [0.29, 0.717) is 23.0 Å². The van der Waals surface area contributed by atoms with Gasteiger partial charge in [-0.3, -0.25) is 14.3 Å². The van der Waals surface area contributed by atoms with Gasteiger partial charge < -0.3 is 28.1 Å². The number of H-pyrrole nitrogens is 1. The van der Waals surface area contributed by atoms with E-state index in [1.807, 2.05) is 158 Å². The SMILES string of the molecule is CC(C)(C)[Si](OC[C@H]1O[C@@H](n2ccc(=O)[nH]c2=O)[C@H](OC2(c3ccccc3)c3ccccc3Oc3ccccc32)[C@@H]1OC1(c2ccccc2)c2ccccc2Oc2ccccc21)(c1ccccc1)c1ccccc1. The van der Waals surface area contributed by atoms with Gasteiger partial charge in [-0.25, -0.2) is 4.79 Å². The van der Waals surface area contributed by atoms with Gasteiger partial charge in [0.05, 0.1) is 6.61 Å². The molecule has 0 radical (unpaired) electrons. The van der Waals surface area contributed by atoms with Gasteiger partial charge in [-0.05, 0) is 50.8 Å². The molecule has 11 heteroatoms. The summed E-state index contributed by atoms with van der Waals surface area (Å²) in [4.78, 5) is 30.0. The van der Waals surface area contributed by atoms with Crippen LogP contribution in [0.15, 0.2) is 240 Å². The maximum absolute atomic E-state index is 14.5. The molecule has 74 heavy (non-hydrogen) atoms. The van der Waals surface area contributed by atoms with Crippen LogP contribution in [0.1, 0.15) is 60.4 Å². The minimum Gasteiger partial charge on any atom is -0.457 e. The van der Waals surface area contributed by atoms with E-state index in [1.54, 1.807) is 0 Å². The van der Waals surface area contributed by atoms with Gasteiger partial charge >= 0.3 is 5.69 Å². The highest BCUT2D eigenvalue weighted by atomic mass is 28.4. The number of hydrogen-bond donors (Lipinski definition) is 1. The lowest BCUT2D eigenvalue weighted by molar-refractivity contribution is -0.158. The Bertz CT molecular complexity index is 3450. The number of nitrogens with zero attached hydrogens (tertiary/aromatic N) is 1. The number of nitrogens with one attached hydrogen (secondary N) is 1. The maximum atomic E-state index is 14.5. The minimum atomic E-state index is -3.27. The van der Waals surface area contributed by atoms with Gasteiger partial charge in [0.25, 0.3) is 13.9 Å². The normalized spacial score (nSPS) is 19.2. The Balaban J connectivity index is 1.14. The molecule has 3 aliphatic rings. The van der Waals surface area contributed by atoms with Crippen molar-refractivity contribution in [2.75, 3.05) is 6.61 Å². The van der Waals surface area contributed by atoms with Crippen LogP contribution in [-0.2, 0) is 29.8 Å². The number of aromatic amines is 1. The van der Waals surface area contributed by atoms with Crippen LogP contribution in [0.25, 0.3) is 0 Å². The van der Waals surface area contributed by atoms with Crippen molar-refractivity contribution in [3.63, 3.8) is 0 Å². The molecule has 0 bridgehead atoms. The molecule has 9 aromatic rings. The van der Waals surface area contributed by atoms with Crippen molar-refractivity contribution >= 4 is 18.7 Å². The average Bonchev–Trinajstić information content (AvgIpc) is 3.77. The summed E-state index contributed by atoms with van der Waals surface area (Å²) in [5.74, 6) is 2.44. The zero-order valence-corrected chi connectivity index (χ0v) is 42.2. The molecule has 0 amide bonds. The van der Waals surface area contributed by atoms with Gasteiger partial charge in [-0.15, -0.1) is 0 Å². The van der Waals surface area contributed by atoms with E-state index in [4.69, 9.17) is 28.1 Å². The second-order valence-corrected chi connectivity index (χ2v) is 24.3. The van der Waals surface area contributed by atoms with Crippen LogP contribution in [0.2, 0.25) is 5.04 Å². The van der Waals surface area contributed by atoms with Crippen LogP contribution in [-0.4, -0.2) is 42.8 Å². The summed E-state index contributed by atoms with van der Waals surface area (Å²) in [7, 11) is -3.27. The molecule has 1 N–H and O–H groups in total. The van der Waals surface area contributed by atoms with Gasteiger partial charge in [-0.2, -0.15) is 0 Å². The Kier molecular flexibility index (Phi) is 12.0. The number of benzene rings is 8. The first-order valence-electron chi connectivity index (χ1n) is 25.0. The van der Waals surface area contributed by atoms with E-state index >= 15 is 0 Å². The fraction of sp³-hybridized carbons (Fsp3) is 0.175. The van der Waals surface area contributed by atoms with Crippen molar-refractivity contribution in [2.45, 2.75) is 61.6 Å². The molecule has 3 aliphatic heterocycles. The predicted molar refractivity (Wildman–Crippen MR) is 287 cm³/mol. The monoisotopic (exact) mass is 994 g/mol. The molecule has 4 heterocycles. The molecular weight excluding hydrogens is 941 g/mol. The van der Waals surface area contributed by atoms with Crippen molar-refractivity contribution < 1.29 is 28.1 Å². The third-order valence-corrected chi connectivity index (χ3v) is 19.8. The van der Waals surface area contributed by atoms with Gasteiger partial charge in [0, 0.05) is 34.5 Å². The number of fused-ring (bicyclic) bond motifs is 4. The highest BCUT2D eigenvalue weighted by molar-refractivity contribution is 6.99. The highest BCUT2D eigenvalue weighted by Gasteiger charge is 2.60. The van der Waals surface area contributed by atoms with Crippen molar-refractivity contribution in [3.8, 4) is 23.0 Å². The predicted octanol–water partition coefficient (Wildman–Crippen LogP) is 11.0. The fourth-order valence-corrected chi connectivity index (χ4v) is 16.2. The minimum absolute atomic E-state index is 0.00565. The highest BCUT2D eigenvalue weighted by Crippen LogP contribution is 2.58. The van der Waals surface area contributed by atoms with Gasteiger partial charge in [0.2, 0.25) is 0 Å². The van der Waals surface area contributed by atoms with E-state index in [2.05, 4.69) is 86.4 Å². The summed E-state index contributed by atoms with van der Waals surface area (Å²) in [6.07, 6.45) is -2.88. The molecular formula is C63H54N2O8Si. The van der Waals surface area contributed by atoms with Gasteiger partial charge in [0.1, 0.15) is 41.3 Å². The first-order valence-corrected chi connectivity index (χ1v) is 26.9. The first kappa shape index (κ1) is 47.1. The quantitative estimate of drug-likeness (QED) is 0.121. The summed E-state index contributed by atoms with van der Waals surface area (Å²) in [5.41, 5.74) is 0.653. The Morgan fingerprint density at radius 2 is 0.878 bits per heavy atom. The molecule has 1 aromatic heterocycles. The van der Waals surface area contributed by atoms with E-state index in [-0.39, 0.29) is 6.61 Å². The summed E-state index contributed by atoms with van der Waals surface area (Å²) >= 11 is 0. The zero-order chi connectivity index (χ0) is 50.5. The molecule has 0 saturated carbocycles. The number of para-hydroxylation sites is 4. The number of aromatic nitrogens is 2. The lowest BCUT2D eigenvalue weighted by atomic mass is 9.77. The smallest absolute Gasteiger partial charge is 0.330 e. The second-order valence-electron chi connectivity index (χ2n) is 20.0. The van der Waals surface area contributed by atoms with Crippen LogP contribution >= 0.6 is 0 Å². The topological polar surface area (TPSA) is 110 Å².